The summed E-state index contributed by atoms with van der Waals surface area (Å²) < 4.78 is 1.89. The van der Waals surface area contributed by atoms with Gasteiger partial charge in [-0.3, -0.25) is 9.58 Å². The minimum atomic E-state index is -0.109. The lowest BCUT2D eigenvalue weighted by atomic mass is 10.00. The molecule has 3 heterocycles. The molecule has 4 nitrogen and oxygen atoms in total. The van der Waals surface area contributed by atoms with Crippen molar-refractivity contribution in [3.05, 3.63) is 16.4 Å². The summed E-state index contributed by atoms with van der Waals surface area (Å²) in [6, 6.07) is 1.04. The Bertz CT molecular complexity index is 445. The second kappa shape index (κ2) is 4.51. The van der Waals surface area contributed by atoms with Crippen LogP contribution in [-0.2, 0) is 13.6 Å². The molecule has 5 heteroatoms. The van der Waals surface area contributed by atoms with E-state index in [-0.39, 0.29) is 6.10 Å². The average molecular weight is 270 g/mol. The number of rotatable bonds is 2. The van der Waals surface area contributed by atoms with Gasteiger partial charge < -0.3 is 5.11 Å². The molecular formula is C13H20ClN3O. The number of piperidine rings is 1. The first-order valence-corrected chi connectivity index (χ1v) is 7.06. The summed E-state index contributed by atoms with van der Waals surface area (Å²) in [7, 11) is 1.95. The number of hydrogen-bond acceptors (Lipinski definition) is 3. The van der Waals surface area contributed by atoms with Gasteiger partial charge in [-0.05, 0) is 32.6 Å². The molecule has 0 spiro atoms. The van der Waals surface area contributed by atoms with Crippen molar-refractivity contribution in [2.24, 2.45) is 7.05 Å². The van der Waals surface area contributed by atoms with Crippen molar-refractivity contribution in [3.63, 3.8) is 0 Å². The molecule has 2 atom stereocenters. The lowest BCUT2D eigenvalue weighted by Gasteiger charge is -2.37. The molecule has 0 aromatic carbocycles. The molecule has 1 aromatic heterocycles. The van der Waals surface area contributed by atoms with E-state index in [1.807, 2.05) is 18.7 Å². The van der Waals surface area contributed by atoms with E-state index < -0.39 is 0 Å². The highest BCUT2D eigenvalue weighted by atomic mass is 35.5. The largest absolute Gasteiger partial charge is 0.393 e. The van der Waals surface area contributed by atoms with Crippen LogP contribution in [-0.4, -0.2) is 38.0 Å². The van der Waals surface area contributed by atoms with Gasteiger partial charge in [0.2, 0.25) is 0 Å². The maximum Gasteiger partial charge on any atom is 0.0860 e. The number of nitrogens with zero attached hydrogens (tertiary/aromatic N) is 3. The summed E-state index contributed by atoms with van der Waals surface area (Å²) in [6.07, 6.45) is 4.12. The molecule has 0 aliphatic carbocycles. The fourth-order valence-electron chi connectivity index (χ4n) is 3.53. The van der Waals surface area contributed by atoms with Crippen molar-refractivity contribution in [1.29, 1.82) is 0 Å². The van der Waals surface area contributed by atoms with E-state index in [0.29, 0.717) is 12.1 Å². The number of halogens is 1. The summed E-state index contributed by atoms with van der Waals surface area (Å²) in [6.45, 7) is 2.80. The van der Waals surface area contributed by atoms with Gasteiger partial charge in [0.15, 0.2) is 0 Å². The molecule has 3 rings (SSSR count). The van der Waals surface area contributed by atoms with Crippen molar-refractivity contribution in [3.8, 4) is 0 Å². The third-order valence-corrected chi connectivity index (χ3v) is 4.95. The summed E-state index contributed by atoms with van der Waals surface area (Å²) in [5.74, 6) is 0. The van der Waals surface area contributed by atoms with E-state index in [2.05, 4.69) is 10.00 Å². The van der Waals surface area contributed by atoms with E-state index >= 15 is 0 Å². The van der Waals surface area contributed by atoms with Crippen LogP contribution in [0.3, 0.4) is 0 Å². The molecule has 2 fully saturated rings. The molecule has 0 radical (unpaired) electrons. The molecule has 0 saturated carbocycles. The third kappa shape index (κ3) is 1.96. The monoisotopic (exact) mass is 269 g/mol. The van der Waals surface area contributed by atoms with E-state index in [1.54, 1.807) is 0 Å². The van der Waals surface area contributed by atoms with Crippen molar-refractivity contribution in [2.45, 2.75) is 57.3 Å². The first kappa shape index (κ1) is 12.5. The molecule has 1 aromatic rings. The summed E-state index contributed by atoms with van der Waals surface area (Å²) in [5.41, 5.74) is 2.00. The number of aromatic nitrogens is 2. The van der Waals surface area contributed by atoms with Gasteiger partial charge in [-0.2, -0.15) is 5.10 Å². The number of aliphatic hydroxyl groups excluding tert-OH is 1. The first-order valence-electron chi connectivity index (χ1n) is 6.68. The summed E-state index contributed by atoms with van der Waals surface area (Å²) in [4.78, 5) is 2.51. The molecule has 0 amide bonds. The van der Waals surface area contributed by atoms with Gasteiger partial charge in [-0.15, -0.1) is 0 Å². The first-order chi connectivity index (χ1) is 8.56. The SMILES string of the molecule is Cc1nn(C)c(CN2C3CCC2CC(O)C3)c1Cl. The molecule has 2 unspecified atom stereocenters. The maximum absolute atomic E-state index is 9.82. The Labute approximate surface area is 113 Å². The van der Waals surface area contributed by atoms with Gasteiger partial charge in [-0.1, -0.05) is 11.6 Å². The minimum Gasteiger partial charge on any atom is -0.393 e. The van der Waals surface area contributed by atoms with Gasteiger partial charge in [0.25, 0.3) is 0 Å². The van der Waals surface area contributed by atoms with Crippen LogP contribution in [0.1, 0.15) is 37.1 Å². The predicted molar refractivity (Wildman–Crippen MR) is 70.5 cm³/mol. The fraction of sp³-hybridized carbons (Fsp3) is 0.769. The van der Waals surface area contributed by atoms with Crippen molar-refractivity contribution in [1.82, 2.24) is 14.7 Å². The van der Waals surface area contributed by atoms with E-state index in [4.69, 9.17) is 11.6 Å². The van der Waals surface area contributed by atoms with Crippen molar-refractivity contribution < 1.29 is 5.11 Å². The van der Waals surface area contributed by atoms with Crippen LogP contribution in [0.5, 0.6) is 0 Å². The van der Waals surface area contributed by atoms with Gasteiger partial charge >= 0.3 is 0 Å². The van der Waals surface area contributed by atoms with Gasteiger partial charge in [0.1, 0.15) is 0 Å². The standard InChI is InChI=1S/C13H20ClN3O/c1-8-13(14)12(16(2)15-8)7-17-9-3-4-10(17)6-11(18)5-9/h9-11,18H,3-7H2,1-2H3. The molecule has 1 N–H and O–H groups in total. The van der Waals surface area contributed by atoms with E-state index in [0.717, 1.165) is 35.8 Å². The summed E-state index contributed by atoms with van der Waals surface area (Å²) in [5, 5.41) is 15.0. The lowest BCUT2D eigenvalue weighted by Crippen LogP contribution is -2.44. The van der Waals surface area contributed by atoms with Crippen LogP contribution < -0.4 is 0 Å². The normalized spacial score (nSPS) is 32.1. The van der Waals surface area contributed by atoms with Crippen molar-refractivity contribution >= 4 is 11.6 Å². The Balaban J connectivity index is 1.81. The Morgan fingerprint density at radius 1 is 1.33 bits per heavy atom. The molecule has 2 aliphatic heterocycles. The second-order valence-corrected chi connectivity index (χ2v) is 6.03. The van der Waals surface area contributed by atoms with Crippen molar-refractivity contribution in [2.75, 3.05) is 0 Å². The topological polar surface area (TPSA) is 41.3 Å². The average Bonchev–Trinajstić information content (AvgIpc) is 2.68. The Kier molecular flexibility index (Phi) is 3.12. The zero-order chi connectivity index (χ0) is 12.9. The highest BCUT2D eigenvalue weighted by Crippen LogP contribution is 2.37. The lowest BCUT2D eigenvalue weighted by molar-refractivity contribution is 0.0298. The van der Waals surface area contributed by atoms with Crippen LogP contribution in [0.25, 0.3) is 0 Å². The van der Waals surface area contributed by atoms with E-state index in [1.165, 1.54) is 12.8 Å². The molecule has 100 valence electrons. The minimum absolute atomic E-state index is 0.109. The van der Waals surface area contributed by atoms with Gasteiger partial charge in [0.05, 0.1) is 22.5 Å². The van der Waals surface area contributed by atoms with Crippen LogP contribution >= 0.6 is 11.6 Å². The fourth-order valence-corrected chi connectivity index (χ4v) is 3.75. The number of hydrogen-bond donors (Lipinski definition) is 1. The molecule has 18 heavy (non-hydrogen) atoms. The molecular weight excluding hydrogens is 250 g/mol. The van der Waals surface area contributed by atoms with Gasteiger partial charge in [0, 0.05) is 25.7 Å². The van der Waals surface area contributed by atoms with Crippen LogP contribution in [0.15, 0.2) is 0 Å². The van der Waals surface area contributed by atoms with Crippen LogP contribution in [0.2, 0.25) is 5.02 Å². The molecule has 2 bridgehead atoms. The Hall–Kier alpha value is -0.580. The third-order valence-electron chi connectivity index (χ3n) is 4.45. The number of fused-ring (bicyclic) bond motifs is 2. The molecule has 2 aliphatic rings. The van der Waals surface area contributed by atoms with E-state index in [9.17, 15) is 5.11 Å². The maximum atomic E-state index is 9.82. The quantitative estimate of drug-likeness (QED) is 0.891. The van der Waals surface area contributed by atoms with Crippen LogP contribution in [0.4, 0.5) is 0 Å². The Morgan fingerprint density at radius 2 is 1.94 bits per heavy atom. The zero-order valence-electron chi connectivity index (χ0n) is 10.9. The van der Waals surface area contributed by atoms with Crippen LogP contribution in [0, 0.1) is 6.92 Å². The number of aryl methyl sites for hydroxylation is 2. The Morgan fingerprint density at radius 3 is 2.44 bits per heavy atom. The number of aliphatic hydroxyl groups is 1. The predicted octanol–water partition coefficient (Wildman–Crippen LogP) is 1.87. The van der Waals surface area contributed by atoms with Gasteiger partial charge in [-0.25, -0.2) is 0 Å². The second-order valence-electron chi connectivity index (χ2n) is 5.65. The smallest absolute Gasteiger partial charge is 0.0860 e. The highest BCUT2D eigenvalue weighted by molar-refractivity contribution is 6.31. The highest BCUT2D eigenvalue weighted by Gasteiger charge is 2.40. The summed E-state index contributed by atoms with van der Waals surface area (Å²) >= 11 is 6.32. The zero-order valence-corrected chi connectivity index (χ0v) is 11.7. The molecule has 2 saturated heterocycles.